The predicted octanol–water partition coefficient (Wildman–Crippen LogP) is 1.69. The Bertz CT molecular complexity index is 728. The van der Waals surface area contributed by atoms with E-state index in [1.807, 2.05) is 10.6 Å². The molecule has 7 heteroatoms. The van der Waals surface area contributed by atoms with Crippen LogP contribution in [0.3, 0.4) is 0 Å². The summed E-state index contributed by atoms with van der Waals surface area (Å²) in [6.45, 7) is 6.48. The molecule has 0 aromatic carbocycles. The molecule has 7 nitrogen and oxygen atoms in total. The fourth-order valence-corrected chi connectivity index (χ4v) is 4.21. The summed E-state index contributed by atoms with van der Waals surface area (Å²) >= 11 is 0. The maximum atomic E-state index is 5.78. The molecule has 3 aliphatic heterocycles. The largest absolute Gasteiger partial charge is 0.377 e. The first-order valence-corrected chi connectivity index (χ1v) is 9.68. The number of fused-ring (bicyclic) bond motifs is 1. The second-order valence-electron chi connectivity index (χ2n) is 7.57. The van der Waals surface area contributed by atoms with Crippen molar-refractivity contribution in [1.82, 2.24) is 24.7 Å². The Morgan fingerprint density at radius 3 is 2.60 bits per heavy atom. The highest BCUT2D eigenvalue weighted by molar-refractivity contribution is 5.47. The molecule has 0 bridgehead atoms. The molecule has 0 amide bonds. The van der Waals surface area contributed by atoms with E-state index in [4.69, 9.17) is 9.84 Å². The molecule has 5 heterocycles. The van der Waals surface area contributed by atoms with Crippen molar-refractivity contribution in [3.05, 3.63) is 18.0 Å². The van der Waals surface area contributed by atoms with Crippen molar-refractivity contribution in [3.63, 3.8) is 0 Å². The fourth-order valence-electron chi connectivity index (χ4n) is 4.21. The number of piperidine rings is 1. The van der Waals surface area contributed by atoms with Gasteiger partial charge in [0, 0.05) is 32.2 Å². The van der Waals surface area contributed by atoms with Gasteiger partial charge in [0.15, 0.2) is 11.5 Å². The monoisotopic (exact) mass is 342 g/mol. The number of nitrogens with zero attached hydrogens (tertiary/aromatic N) is 6. The Morgan fingerprint density at radius 2 is 1.88 bits per heavy atom. The summed E-state index contributed by atoms with van der Waals surface area (Å²) in [5.41, 5.74) is 0.862. The van der Waals surface area contributed by atoms with Crippen LogP contribution in [0.4, 0.5) is 5.82 Å². The van der Waals surface area contributed by atoms with Crippen LogP contribution in [0, 0.1) is 0 Å². The van der Waals surface area contributed by atoms with Crippen LogP contribution in [-0.2, 0) is 4.74 Å². The van der Waals surface area contributed by atoms with E-state index in [0.29, 0.717) is 12.0 Å². The van der Waals surface area contributed by atoms with Gasteiger partial charge in [-0.2, -0.15) is 4.52 Å². The second-order valence-corrected chi connectivity index (χ2v) is 7.57. The minimum absolute atomic E-state index is 0.450. The van der Waals surface area contributed by atoms with Gasteiger partial charge < -0.3 is 14.5 Å². The van der Waals surface area contributed by atoms with Crippen LogP contribution in [-0.4, -0.2) is 70.1 Å². The van der Waals surface area contributed by atoms with E-state index in [2.05, 4.69) is 26.1 Å². The van der Waals surface area contributed by atoms with Crippen molar-refractivity contribution in [2.24, 2.45) is 0 Å². The molecule has 0 saturated carbocycles. The normalized spacial score (nSPS) is 25.6. The molecule has 134 valence electrons. The van der Waals surface area contributed by atoms with Crippen molar-refractivity contribution in [2.75, 3.05) is 44.2 Å². The Morgan fingerprint density at radius 1 is 1.00 bits per heavy atom. The third-order valence-corrected chi connectivity index (χ3v) is 5.89. The van der Waals surface area contributed by atoms with Gasteiger partial charge in [-0.05, 0) is 57.3 Å². The molecule has 0 radical (unpaired) electrons. The standard InChI is InChI=1S/C18H26N6O/c1-3-15(25-12-1)13-22-10-6-14(7-11-22)18-20-19-16-4-5-17(21-24(16)18)23-8-2-9-23/h4-5,14-15H,1-3,6-13H2. The molecule has 0 N–H and O–H groups in total. The molecule has 5 rings (SSSR count). The third-order valence-electron chi connectivity index (χ3n) is 5.89. The molecule has 1 unspecified atom stereocenters. The van der Waals surface area contributed by atoms with Crippen molar-refractivity contribution in [1.29, 1.82) is 0 Å². The van der Waals surface area contributed by atoms with E-state index in [1.54, 1.807) is 0 Å². The molecule has 2 aromatic rings. The summed E-state index contributed by atoms with van der Waals surface area (Å²) in [6.07, 6.45) is 6.41. The van der Waals surface area contributed by atoms with Crippen molar-refractivity contribution in [2.45, 2.75) is 44.1 Å². The lowest BCUT2D eigenvalue weighted by Crippen LogP contribution is -2.39. The van der Waals surface area contributed by atoms with Crippen molar-refractivity contribution < 1.29 is 4.74 Å². The minimum atomic E-state index is 0.450. The average Bonchev–Trinajstić information content (AvgIpc) is 3.23. The molecule has 3 saturated heterocycles. The number of rotatable bonds is 4. The Hall–Kier alpha value is -1.73. The van der Waals surface area contributed by atoms with Gasteiger partial charge in [-0.25, -0.2) is 0 Å². The summed E-state index contributed by atoms with van der Waals surface area (Å²) in [6, 6.07) is 4.11. The number of hydrogen-bond donors (Lipinski definition) is 0. The van der Waals surface area contributed by atoms with E-state index in [-0.39, 0.29) is 0 Å². The van der Waals surface area contributed by atoms with E-state index in [9.17, 15) is 0 Å². The van der Waals surface area contributed by atoms with Gasteiger partial charge in [-0.1, -0.05) is 0 Å². The number of likely N-dealkylation sites (tertiary alicyclic amines) is 1. The third kappa shape index (κ3) is 3.00. The molecule has 3 fully saturated rings. The zero-order valence-electron chi connectivity index (χ0n) is 14.7. The van der Waals surface area contributed by atoms with Gasteiger partial charge in [0.25, 0.3) is 0 Å². The van der Waals surface area contributed by atoms with E-state index >= 15 is 0 Å². The molecule has 0 spiro atoms. The number of ether oxygens (including phenoxy) is 1. The van der Waals surface area contributed by atoms with E-state index < -0.39 is 0 Å². The molecule has 1 atom stereocenters. The van der Waals surface area contributed by atoms with Gasteiger partial charge >= 0.3 is 0 Å². The first-order chi connectivity index (χ1) is 12.4. The number of anilines is 1. The van der Waals surface area contributed by atoms with E-state index in [1.165, 1.54) is 19.3 Å². The zero-order chi connectivity index (χ0) is 16.6. The average molecular weight is 342 g/mol. The summed E-state index contributed by atoms with van der Waals surface area (Å²) in [5.74, 6) is 2.54. The van der Waals surface area contributed by atoms with Crippen LogP contribution in [0.15, 0.2) is 12.1 Å². The van der Waals surface area contributed by atoms with Gasteiger partial charge in [-0.15, -0.1) is 15.3 Å². The highest BCUT2D eigenvalue weighted by Crippen LogP contribution is 2.28. The molecule has 3 aliphatic rings. The van der Waals surface area contributed by atoms with Crippen LogP contribution < -0.4 is 4.90 Å². The topological polar surface area (TPSA) is 58.8 Å². The minimum Gasteiger partial charge on any atom is -0.377 e. The van der Waals surface area contributed by atoms with Crippen LogP contribution in [0.25, 0.3) is 5.65 Å². The second kappa shape index (κ2) is 6.53. The van der Waals surface area contributed by atoms with Gasteiger partial charge in [0.05, 0.1) is 6.10 Å². The van der Waals surface area contributed by atoms with Gasteiger partial charge in [0.2, 0.25) is 0 Å². The summed E-state index contributed by atoms with van der Waals surface area (Å²) in [4.78, 5) is 4.86. The number of hydrogen-bond acceptors (Lipinski definition) is 6. The molecule has 25 heavy (non-hydrogen) atoms. The Kier molecular flexibility index (Phi) is 4.06. The molecule has 0 aliphatic carbocycles. The summed E-state index contributed by atoms with van der Waals surface area (Å²) in [7, 11) is 0. The highest BCUT2D eigenvalue weighted by Gasteiger charge is 2.28. The summed E-state index contributed by atoms with van der Waals surface area (Å²) in [5, 5.41) is 13.6. The zero-order valence-corrected chi connectivity index (χ0v) is 14.7. The lowest BCUT2D eigenvalue weighted by atomic mass is 9.96. The van der Waals surface area contributed by atoms with Crippen LogP contribution in [0.2, 0.25) is 0 Å². The van der Waals surface area contributed by atoms with E-state index in [0.717, 1.165) is 69.5 Å². The Balaban J connectivity index is 1.28. The van der Waals surface area contributed by atoms with Crippen LogP contribution in [0.5, 0.6) is 0 Å². The fraction of sp³-hybridized carbons (Fsp3) is 0.722. The van der Waals surface area contributed by atoms with Crippen molar-refractivity contribution in [3.8, 4) is 0 Å². The lowest BCUT2D eigenvalue weighted by Gasteiger charge is -2.33. The Labute approximate surface area is 148 Å². The van der Waals surface area contributed by atoms with Gasteiger partial charge in [-0.3, -0.25) is 0 Å². The quantitative estimate of drug-likeness (QED) is 0.843. The SMILES string of the molecule is c1cc2nnc(C3CCN(CC4CCCO4)CC3)n2nc1N1CCC1. The predicted molar refractivity (Wildman–Crippen MR) is 95.0 cm³/mol. The smallest absolute Gasteiger partial charge is 0.178 e. The summed E-state index contributed by atoms with van der Waals surface area (Å²) < 4.78 is 7.76. The molecular weight excluding hydrogens is 316 g/mol. The maximum Gasteiger partial charge on any atom is 0.178 e. The molecular formula is C18H26N6O. The first kappa shape index (κ1) is 15.5. The van der Waals surface area contributed by atoms with Crippen LogP contribution in [0.1, 0.15) is 43.8 Å². The number of aromatic nitrogens is 4. The van der Waals surface area contributed by atoms with Crippen LogP contribution >= 0.6 is 0 Å². The first-order valence-electron chi connectivity index (χ1n) is 9.68. The van der Waals surface area contributed by atoms with Crippen molar-refractivity contribution >= 4 is 11.5 Å². The van der Waals surface area contributed by atoms with Gasteiger partial charge in [0.1, 0.15) is 5.82 Å². The lowest BCUT2D eigenvalue weighted by molar-refractivity contribution is 0.0639. The highest BCUT2D eigenvalue weighted by atomic mass is 16.5. The maximum absolute atomic E-state index is 5.78. The molecule has 2 aromatic heterocycles.